The first kappa shape index (κ1) is 17.0. The molecule has 7 aromatic carbocycles. The molecule has 0 aromatic heterocycles. The molecule has 0 nitrogen and oxygen atoms in total. The molecule has 0 N–H and O–H groups in total. The van der Waals surface area contributed by atoms with E-state index in [4.69, 9.17) is 8.22 Å². The molecule has 0 saturated carbocycles. The molecule has 0 spiro atoms. The Balaban J connectivity index is 1.60. The van der Waals surface area contributed by atoms with Crippen molar-refractivity contribution in [3.8, 4) is 44.5 Å². The number of benzene rings is 7. The van der Waals surface area contributed by atoms with Gasteiger partial charge in [-0.2, -0.15) is 0 Å². The zero-order valence-corrected chi connectivity index (χ0v) is 22.8. The van der Waals surface area contributed by atoms with E-state index in [1.807, 2.05) is 54.6 Å². The van der Waals surface area contributed by atoms with Crippen LogP contribution in [0.3, 0.4) is 0 Å². The SMILES string of the molecule is [2H]c1c([2H])c([2H])c2c(-c3ccccc3)c3c(-c4ccccc4-c4c(C)c(C)cc5c4Cc4ccccc4-5)c([2H])c([2H])c([2H])c3c([2H])c2c1[2H]. The lowest BCUT2D eigenvalue weighted by molar-refractivity contribution is 1.23. The van der Waals surface area contributed by atoms with Crippen molar-refractivity contribution in [3.63, 3.8) is 0 Å². The zero-order valence-electron chi connectivity index (χ0n) is 30.8. The van der Waals surface area contributed by atoms with Crippen molar-refractivity contribution in [2.24, 2.45) is 0 Å². The van der Waals surface area contributed by atoms with Gasteiger partial charge >= 0.3 is 0 Å². The van der Waals surface area contributed by atoms with Crippen LogP contribution in [0, 0.1) is 13.8 Å². The van der Waals surface area contributed by atoms with Crippen molar-refractivity contribution in [1.82, 2.24) is 0 Å². The van der Waals surface area contributed by atoms with Crippen LogP contribution in [0.25, 0.3) is 66.1 Å². The normalized spacial score (nSPS) is 14.8. The predicted molar refractivity (Wildman–Crippen MR) is 175 cm³/mol. The molecule has 0 fully saturated rings. The Morgan fingerprint density at radius 2 is 1.29 bits per heavy atom. The minimum Gasteiger partial charge on any atom is -0.0622 e. The maximum absolute atomic E-state index is 9.46. The Morgan fingerprint density at radius 3 is 2.15 bits per heavy atom. The average Bonchev–Trinajstić information content (AvgIpc) is 3.47. The smallest absolute Gasteiger partial charge is 0.0622 e. The van der Waals surface area contributed by atoms with E-state index in [1.54, 1.807) is 0 Å². The van der Waals surface area contributed by atoms with E-state index in [0.717, 1.165) is 28.7 Å². The maximum Gasteiger partial charge on any atom is 0.0636 e. The summed E-state index contributed by atoms with van der Waals surface area (Å²) >= 11 is 0. The van der Waals surface area contributed by atoms with Gasteiger partial charge in [0.25, 0.3) is 0 Å². The Hall–Kier alpha value is -4.94. The van der Waals surface area contributed by atoms with Crippen molar-refractivity contribution in [3.05, 3.63) is 156 Å². The summed E-state index contributed by atoms with van der Waals surface area (Å²) in [6.45, 7) is 4.21. The number of rotatable bonds is 3. The van der Waals surface area contributed by atoms with Crippen LogP contribution >= 0.6 is 0 Å². The van der Waals surface area contributed by atoms with Crippen LogP contribution in [0.1, 0.15) is 33.2 Å². The molecular formula is C41H30. The second-order valence-corrected chi connectivity index (χ2v) is 10.7. The molecule has 0 amide bonds. The van der Waals surface area contributed by atoms with Crippen molar-refractivity contribution in [1.29, 1.82) is 0 Å². The van der Waals surface area contributed by atoms with Crippen LogP contribution in [-0.2, 0) is 6.42 Å². The van der Waals surface area contributed by atoms with Gasteiger partial charge in [0.2, 0.25) is 0 Å². The lowest BCUT2D eigenvalue weighted by Crippen LogP contribution is -1.98. The van der Waals surface area contributed by atoms with Gasteiger partial charge in [0.15, 0.2) is 0 Å². The molecule has 194 valence electrons. The first-order valence-corrected chi connectivity index (χ1v) is 13.8. The highest BCUT2D eigenvalue weighted by molar-refractivity contribution is 6.18. The minimum atomic E-state index is -0.463. The summed E-state index contributed by atoms with van der Waals surface area (Å²) in [5.41, 5.74) is 11.0. The molecule has 1 aliphatic rings. The van der Waals surface area contributed by atoms with Gasteiger partial charge in [0.1, 0.15) is 0 Å². The molecule has 0 bridgehead atoms. The minimum absolute atomic E-state index is 0.00710. The van der Waals surface area contributed by atoms with Gasteiger partial charge in [-0.25, -0.2) is 0 Å². The topological polar surface area (TPSA) is 0 Å². The largest absolute Gasteiger partial charge is 0.0636 e. The Kier molecular flexibility index (Phi) is 3.86. The summed E-state index contributed by atoms with van der Waals surface area (Å²) < 4.78 is 72.0. The predicted octanol–water partition coefficient (Wildman–Crippen LogP) is 11.2. The number of hydrogen-bond acceptors (Lipinski definition) is 0. The molecule has 0 atom stereocenters. The van der Waals surface area contributed by atoms with Crippen LogP contribution in [-0.4, -0.2) is 0 Å². The standard InChI is InChI=1S/C41H30/c1-26-23-37-32-18-8-6-16-30(32)25-38(37)39(27(26)2)35-21-11-10-20-34(35)36-22-12-17-31-24-29-15-7-9-19-33(29)40(41(31)36)28-13-4-3-5-14-28/h3-24H,25H2,1-2H3/i7D,9D,12D,15D,17D,19D,22D,24D. The second-order valence-electron chi connectivity index (χ2n) is 10.7. The third-order valence-electron chi connectivity index (χ3n) is 8.47. The van der Waals surface area contributed by atoms with E-state index in [1.165, 1.54) is 22.3 Å². The summed E-state index contributed by atoms with van der Waals surface area (Å²) in [6.07, 6.45) is 0.743. The van der Waals surface area contributed by atoms with Gasteiger partial charge in [-0.05, 0) is 115 Å². The van der Waals surface area contributed by atoms with Gasteiger partial charge < -0.3 is 0 Å². The highest BCUT2D eigenvalue weighted by Crippen LogP contribution is 2.48. The molecule has 41 heavy (non-hydrogen) atoms. The molecule has 0 heteroatoms. The van der Waals surface area contributed by atoms with Gasteiger partial charge in [-0.3, -0.25) is 0 Å². The maximum atomic E-state index is 9.46. The molecule has 7 aromatic rings. The van der Waals surface area contributed by atoms with Crippen molar-refractivity contribution in [2.45, 2.75) is 20.3 Å². The molecule has 8 rings (SSSR count). The van der Waals surface area contributed by atoms with Crippen LogP contribution in [0.5, 0.6) is 0 Å². The Morgan fingerprint density at radius 1 is 0.585 bits per heavy atom. The fourth-order valence-electron chi connectivity index (χ4n) is 6.49. The van der Waals surface area contributed by atoms with E-state index < -0.39 is 12.1 Å². The van der Waals surface area contributed by atoms with E-state index in [2.05, 4.69) is 44.2 Å². The van der Waals surface area contributed by atoms with E-state index in [-0.39, 0.29) is 52.4 Å². The third-order valence-corrected chi connectivity index (χ3v) is 8.47. The fourth-order valence-corrected chi connectivity index (χ4v) is 6.49. The van der Waals surface area contributed by atoms with E-state index in [9.17, 15) is 2.74 Å². The van der Waals surface area contributed by atoms with Crippen molar-refractivity contribution in [2.75, 3.05) is 0 Å². The highest BCUT2D eigenvalue weighted by Gasteiger charge is 2.26. The first-order valence-electron chi connectivity index (χ1n) is 17.8. The molecule has 0 saturated heterocycles. The zero-order chi connectivity index (χ0) is 34.5. The van der Waals surface area contributed by atoms with Gasteiger partial charge in [-0.1, -0.05) is 127 Å². The summed E-state index contributed by atoms with van der Waals surface area (Å²) in [6, 6.07) is 25.0. The molecule has 0 radical (unpaired) electrons. The van der Waals surface area contributed by atoms with Crippen LogP contribution in [0.15, 0.2) is 133 Å². The van der Waals surface area contributed by atoms with Crippen LogP contribution in [0.4, 0.5) is 0 Å². The van der Waals surface area contributed by atoms with Crippen LogP contribution in [0.2, 0.25) is 0 Å². The van der Waals surface area contributed by atoms with Crippen molar-refractivity contribution < 1.29 is 11.0 Å². The van der Waals surface area contributed by atoms with Gasteiger partial charge in [0.05, 0.1) is 11.0 Å². The summed E-state index contributed by atoms with van der Waals surface area (Å²) in [4.78, 5) is 0. The molecule has 0 unspecified atom stereocenters. The van der Waals surface area contributed by atoms with E-state index >= 15 is 0 Å². The number of hydrogen-bond donors (Lipinski definition) is 0. The highest BCUT2D eigenvalue weighted by atomic mass is 14.3. The summed E-state index contributed by atoms with van der Waals surface area (Å²) in [5, 5.41) is 0.596. The molecule has 0 heterocycles. The molecule has 1 aliphatic carbocycles. The number of fused-ring (bicyclic) bond motifs is 5. The van der Waals surface area contributed by atoms with Crippen LogP contribution < -0.4 is 0 Å². The lowest BCUT2D eigenvalue weighted by atomic mass is 9.82. The van der Waals surface area contributed by atoms with Gasteiger partial charge in [-0.15, -0.1) is 0 Å². The second kappa shape index (κ2) is 9.32. The molecule has 0 aliphatic heterocycles. The van der Waals surface area contributed by atoms with Gasteiger partial charge in [0, 0.05) is 0 Å². The Labute approximate surface area is 252 Å². The van der Waals surface area contributed by atoms with E-state index in [0.29, 0.717) is 27.6 Å². The molecular weight excluding hydrogens is 492 g/mol. The summed E-state index contributed by atoms with van der Waals surface area (Å²) in [5.74, 6) is 0. The van der Waals surface area contributed by atoms with Crippen molar-refractivity contribution >= 4 is 21.5 Å². The fraction of sp³-hybridized carbons (Fsp3) is 0.0732. The quantitative estimate of drug-likeness (QED) is 0.199. The third kappa shape index (κ3) is 3.68. The average molecular weight is 531 g/mol. The summed E-state index contributed by atoms with van der Waals surface area (Å²) in [7, 11) is 0. The monoisotopic (exact) mass is 530 g/mol. The number of aryl methyl sites for hydroxylation is 1. The Bertz CT molecular complexity index is 2570. The first-order chi connectivity index (χ1) is 23.5. The lowest BCUT2D eigenvalue weighted by Gasteiger charge is -2.21.